The minimum atomic E-state index is -0.728. The van der Waals surface area contributed by atoms with E-state index < -0.39 is 5.60 Å². The molecule has 2 saturated carbocycles. The summed E-state index contributed by atoms with van der Waals surface area (Å²) in [5.74, 6) is 1.80. The summed E-state index contributed by atoms with van der Waals surface area (Å²) in [5, 5.41) is 21.4. The third-order valence-corrected chi connectivity index (χ3v) is 7.96. The van der Waals surface area contributed by atoms with Gasteiger partial charge in [-0.15, -0.1) is 0 Å². The molecule has 3 aliphatic rings. The van der Waals surface area contributed by atoms with Crippen molar-refractivity contribution in [3.8, 4) is 5.75 Å². The Labute approximate surface area is 170 Å². The summed E-state index contributed by atoms with van der Waals surface area (Å²) in [4.78, 5) is 0. The smallest absolute Gasteiger partial charge is 0.115 e. The first-order chi connectivity index (χ1) is 12.4. The number of fused-ring (bicyclic) bond motifs is 5. The van der Waals surface area contributed by atoms with Gasteiger partial charge in [-0.3, -0.25) is 0 Å². The number of aryl methyl sites for hydroxylation is 1. The molecular weight excluding hydrogens is 439 g/mol. The third kappa shape index (κ3) is 2.67. The van der Waals surface area contributed by atoms with Crippen molar-refractivity contribution in [2.24, 2.45) is 17.3 Å². The average Bonchev–Trinajstić information content (AvgIpc) is 2.86. The molecule has 2 fully saturated rings. The number of aliphatic hydroxyl groups is 1. The van der Waals surface area contributed by atoms with E-state index in [9.17, 15) is 10.2 Å². The van der Waals surface area contributed by atoms with Gasteiger partial charge < -0.3 is 14.9 Å². The van der Waals surface area contributed by atoms with E-state index in [1.165, 1.54) is 11.1 Å². The monoisotopic (exact) mass is 468 g/mol. The summed E-state index contributed by atoms with van der Waals surface area (Å²) >= 11 is 2.22. The molecule has 4 heteroatoms. The lowest BCUT2D eigenvalue weighted by Crippen LogP contribution is -2.54. The van der Waals surface area contributed by atoms with Crippen LogP contribution >= 0.6 is 22.6 Å². The van der Waals surface area contributed by atoms with E-state index in [0.29, 0.717) is 30.1 Å². The average molecular weight is 468 g/mol. The van der Waals surface area contributed by atoms with E-state index in [1.807, 2.05) is 22.3 Å². The standard InChI is InChI=1S/C22H29IO3/c1-3-26-19-13-21(2)18(8-9-22(21,25)10-11-23)17-6-4-14-12-15(24)5-7-16(14)20(17)19/h5,7,10-12,17-20,24-25H,3-4,6,8-9,13H2,1-2H3/b11-10+/t17-,18-,19-,20+,21-,22+/m0/s1. The van der Waals surface area contributed by atoms with Crippen molar-refractivity contribution in [2.45, 2.75) is 63.6 Å². The highest BCUT2D eigenvalue weighted by Gasteiger charge is 2.63. The number of benzene rings is 1. The Morgan fingerprint density at radius 2 is 2.15 bits per heavy atom. The van der Waals surface area contributed by atoms with Crippen LogP contribution in [0.1, 0.15) is 56.6 Å². The summed E-state index contributed by atoms with van der Waals surface area (Å²) in [6.45, 7) is 5.05. The fourth-order valence-corrected chi connectivity index (χ4v) is 7.00. The zero-order chi connectivity index (χ0) is 18.5. The molecule has 0 heterocycles. The fourth-order valence-electron chi connectivity index (χ4n) is 6.41. The van der Waals surface area contributed by atoms with Crippen LogP contribution in [-0.2, 0) is 11.2 Å². The van der Waals surface area contributed by atoms with Crippen molar-refractivity contribution in [3.05, 3.63) is 39.5 Å². The second-order valence-electron chi connectivity index (χ2n) is 8.59. The molecule has 0 saturated heterocycles. The van der Waals surface area contributed by atoms with E-state index in [4.69, 9.17) is 4.74 Å². The minimum Gasteiger partial charge on any atom is -0.508 e. The number of ether oxygens (including phenoxy) is 1. The highest BCUT2D eigenvalue weighted by molar-refractivity contribution is 14.1. The molecule has 0 amide bonds. The molecule has 0 radical (unpaired) electrons. The third-order valence-electron chi connectivity index (χ3n) is 7.60. The molecule has 2 N–H and O–H groups in total. The number of aromatic hydroxyl groups is 1. The number of rotatable bonds is 3. The molecule has 0 aromatic heterocycles. The molecule has 0 bridgehead atoms. The van der Waals surface area contributed by atoms with Gasteiger partial charge in [-0.2, -0.15) is 0 Å². The summed E-state index contributed by atoms with van der Waals surface area (Å²) in [7, 11) is 0. The number of phenolic OH excluding ortho intramolecular Hbond substituents is 1. The highest BCUT2D eigenvalue weighted by Crippen LogP contribution is 2.65. The lowest BCUT2D eigenvalue weighted by Gasteiger charge is -2.55. The topological polar surface area (TPSA) is 49.7 Å². The molecule has 3 aliphatic carbocycles. The van der Waals surface area contributed by atoms with Gasteiger partial charge in [0.2, 0.25) is 0 Å². The molecule has 1 aromatic rings. The van der Waals surface area contributed by atoms with Gasteiger partial charge in [-0.1, -0.05) is 35.6 Å². The summed E-state index contributed by atoms with van der Waals surface area (Å²) in [6.07, 6.45) is 7.10. The molecule has 142 valence electrons. The maximum absolute atomic E-state index is 11.5. The highest BCUT2D eigenvalue weighted by atomic mass is 127. The quantitative estimate of drug-likeness (QED) is 0.618. The summed E-state index contributed by atoms with van der Waals surface area (Å²) < 4.78 is 8.26. The molecule has 4 rings (SSSR count). The van der Waals surface area contributed by atoms with Crippen molar-refractivity contribution < 1.29 is 14.9 Å². The minimum absolute atomic E-state index is 0.127. The lowest BCUT2D eigenvalue weighted by atomic mass is 9.52. The van der Waals surface area contributed by atoms with Crippen LogP contribution < -0.4 is 0 Å². The van der Waals surface area contributed by atoms with Crippen LogP contribution in [0.5, 0.6) is 5.75 Å². The van der Waals surface area contributed by atoms with Crippen molar-refractivity contribution >= 4 is 22.6 Å². The first-order valence-electron chi connectivity index (χ1n) is 9.87. The first kappa shape index (κ1) is 18.8. The van der Waals surface area contributed by atoms with Gasteiger partial charge in [0.25, 0.3) is 0 Å². The first-order valence-corrected chi connectivity index (χ1v) is 11.1. The van der Waals surface area contributed by atoms with Crippen LogP contribution in [0.2, 0.25) is 0 Å². The van der Waals surface area contributed by atoms with Crippen LogP contribution in [0.4, 0.5) is 0 Å². The maximum Gasteiger partial charge on any atom is 0.115 e. The molecule has 0 spiro atoms. The fraction of sp³-hybridized carbons (Fsp3) is 0.636. The molecular formula is C22H29IO3. The predicted molar refractivity (Wildman–Crippen MR) is 112 cm³/mol. The second-order valence-corrected chi connectivity index (χ2v) is 9.31. The lowest BCUT2D eigenvalue weighted by molar-refractivity contribution is -0.127. The number of halogens is 1. The van der Waals surface area contributed by atoms with E-state index in [0.717, 1.165) is 32.1 Å². The number of hydrogen-bond acceptors (Lipinski definition) is 3. The Kier molecular flexibility index (Phi) is 4.89. The second kappa shape index (κ2) is 6.78. The van der Waals surface area contributed by atoms with Gasteiger partial charge in [-0.05, 0) is 84.3 Å². The predicted octanol–water partition coefficient (Wildman–Crippen LogP) is 4.94. The van der Waals surface area contributed by atoms with E-state index >= 15 is 0 Å². The van der Waals surface area contributed by atoms with Gasteiger partial charge in [0.1, 0.15) is 5.75 Å². The Balaban J connectivity index is 1.78. The van der Waals surface area contributed by atoms with E-state index in [-0.39, 0.29) is 11.5 Å². The largest absolute Gasteiger partial charge is 0.508 e. The number of phenols is 1. The molecule has 6 atom stereocenters. The van der Waals surface area contributed by atoms with Gasteiger partial charge in [0.15, 0.2) is 0 Å². The molecule has 1 aromatic carbocycles. The van der Waals surface area contributed by atoms with Gasteiger partial charge in [-0.25, -0.2) is 0 Å². The van der Waals surface area contributed by atoms with Gasteiger partial charge >= 0.3 is 0 Å². The van der Waals surface area contributed by atoms with Crippen LogP contribution in [0, 0.1) is 17.3 Å². The van der Waals surface area contributed by atoms with Crippen molar-refractivity contribution in [3.63, 3.8) is 0 Å². The zero-order valence-corrected chi connectivity index (χ0v) is 17.8. The normalized spacial score (nSPS) is 41.7. The van der Waals surface area contributed by atoms with E-state index in [2.05, 4.69) is 42.5 Å². The SMILES string of the molecule is CCO[C@H]1C[C@@]2(C)[C@@H](CC[C@@]2(O)/C=C/I)[C@@H]2CCc3cc(O)ccc3[C@H]21. The summed E-state index contributed by atoms with van der Waals surface area (Å²) in [5.41, 5.74) is 1.78. The van der Waals surface area contributed by atoms with Crippen molar-refractivity contribution in [1.82, 2.24) is 0 Å². The van der Waals surface area contributed by atoms with Crippen LogP contribution in [0.15, 0.2) is 28.4 Å². The van der Waals surface area contributed by atoms with E-state index in [1.54, 1.807) is 0 Å². The Bertz CT molecular complexity index is 717. The Hall–Kier alpha value is -0.590. The van der Waals surface area contributed by atoms with Gasteiger partial charge in [0, 0.05) is 17.9 Å². The maximum atomic E-state index is 11.5. The van der Waals surface area contributed by atoms with Crippen molar-refractivity contribution in [1.29, 1.82) is 0 Å². The molecule has 3 nitrogen and oxygen atoms in total. The van der Waals surface area contributed by atoms with Crippen LogP contribution in [-0.4, -0.2) is 28.5 Å². The van der Waals surface area contributed by atoms with Gasteiger partial charge in [0.05, 0.1) is 11.7 Å². The van der Waals surface area contributed by atoms with Crippen LogP contribution in [0.3, 0.4) is 0 Å². The Morgan fingerprint density at radius 1 is 1.35 bits per heavy atom. The number of hydrogen-bond donors (Lipinski definition) is 2. The Morgan fingerprint density at radius 3 is 2.88 bits per heavy atom. The molecule has 0 unspecified atom stereocenters. The zero-order valence-electron chi connectivity index (χ0n) is 15.6. The molecule has 0 aliphatic heterocycles. The van der Waals surface area contributed by atoms with Crippen LogP contribution in [0.25, 0.3) is 0 Å². The molecule has 26 heavy (non-hydrogen) atoms. The summed E-state index contributed by atoms with van der Waals surface area (Å²) in [6, 6.07) is 5.87. The van der Waals surface area contributed by atoms with Crippen molar-refractivity contribution in [2.75, 3.05) is 6.61 Å².